The molecular weight excluding hydrogens is 458 g/mol. The molecule has 0 bridgehead atoms. The van der Waals surface area contributed by atoms with Crippen molar-refractivity contribution in [2.24, 2.45) is 10.9 Å². The normalized spacial score (nSPS) is 14.6. The molecule has 0 radical (unpaired) electrons. The lowest BCUT2D eigenvalue weighted by Crippen LogP contribution is -2.38. The molecule has 8 nitrogen and oxygen atoms in total. The van der Waals surface area contributed by atoms with Gasteiger partial charge in [0.25, 0.3) is 5.91 Å². The third kappa shape index (κ3) is 7.88. The van der Waals surface area contributed by atoms with Crippen molar-refractivity contribution in [3.63, 3.8) is 0 Å². The van der Waals surface area contributed by atoms with E-state index in [1.165, 1.54) is 12.6 Å². The minimum Gasteiger partial charge on any atom is -0.482 e. The number of hydrogen-bond acceptors (Lipinski definition) is 7. The molecule has 1 atom stereocenters. The zero-order valence-corrected chi connectivity index (χ0v) is 19.9. The van der Waals surface area contributed by atoms with Crippen molar-refractivity contribution in [1.29, 1.82) is 0 Å². The number of esters is 1. The van der Waals surface area contributed by atoms with Gasteiger partial charge in [0.2, 0.25) is 0 Å². The van der Waals surface area contributed by atoms with Crippen LogP contribution in [0.15, 0.2) is 53.6 Å². The van der Waals surface area contributed by atoms with Crippen LogP contribution >= 0.6 is 12.4 Å². The Balaban J connectivity index is 0.00000408. The maximum Gasteiger partial charge on any atom is 0.344 e. The molecule has 0 spiro atoms. The van der Waals surface area contributed by atoms with Crippen LogP contribution in [0, 0.1) is 0 Å². The zero-order chi connectivity index (χ0) is 23.6. The lowest BCUT2D eigenvalue weighted by molar-refractivity contribution is -0.152. The van der Waals surface area contributed by atoms with Gasteiger partial charge in [-0.15, -0.1) is 12.4 Å². The van der Waals surface area contributed by atoms with E-state index >= 15 is 0 Å². The highest BCUT2D eigenvalue weighted by atomic mass is 35.5. The number of hydrazone groups is 1. The second-order valence-corrected chi connectivity index (χ2v) is 8.02. The van der Waals surface area contributed by atoms with Crippen LogP contribution in [-0.2, 0) is 9.53 Å². The van der Waals surface area contributed by atoms with E-state index in [1.54, 1.807) is 55.5 Å². The summed E-state index contributed by atoms with van der Waals surface area (Å²) in [5.74, 6) is 4.59. The van der Waals surface area contributed by atoms with Gasteiger partial charge in [-0.25, -0.2) is 4.79 Å². The van der Waals surface area contributed by atoms with Gasteiger partial charge in [0.05, 0.1) is 12.3 Å². The number of benzene rings is 2. The smallest absolute Gasteiger partial charge is 0.344 e. The van der Waals surface area contributed by atoms with Gasteiger partial charge in [0.15, 0.2) is 12.4 Å². The average Bonchev–Trinajstić information content (AvgIpc) is 2.84. The highest BCUT2D eigenvalue weighted by molar-refractivity contribution is 6.04. The average molecular weight is 488 g/mol. The Bertz CT molecular complexity index is 987. The molecule has 34 heavy (non-hydrogen) atoms. The van der Waals surface area contributed by atoms with Gasteiger partial charge in [-0.05, 0) is 74.6 Å². The van der Waals surface area contributed by atoms with Crippen LogP contribution in [0.3, 0.4) is 0 Å². The zero-order valence-electron chi connectivity index (χ0n) is 19.1. The van der Waals surface area contributed by atoms with Crippen LogP contribution in [0.4, 0.5) is 0 Å². The number of amides is 1. The molecule has 3 rings (SSSR count). The maximum atomic E-state index is 12.7. The van der Waals surface area contributed by atoms with Crippen LogP contribution in [0.1, 0.15) is 65.3 Å². The van der Waals surface area contributed by atoms with Crippen LogP contribution < -0.4 is 15.9 Å². The van der Waals surface area contributed by atoms with E-state index in [2.05, 4.69) is 10.4 Å². The molecule has 1 amide bonds. The molecule has 2 aromatic carbocycles. The summed E-state index contributed by atoms with van der Waals surface area (Å²) in [4.78, 5) is 37.1. The number of carbonyl (C=O) groups is 3. The fraction of sp³-hybridized carbons (Fsp3) is 0.360. The third-order valence-electron chi connectivity index (χ3n) is 5.48. The van der Waals surface area contributed by atoms with Crippen molar-refractivity contribution in [3.05, 3.63) is 65.2 Å². The number of Topliss-reactive ketones (excluding diaryl/α,β-unsaturated/α-hetero) is 1. The molecule has 1 fully saturated rings. The lowest BCUT2D eigenvalue weighted by atomic mass is 9.98. The fourth-order valence-electron chi connectivity index (χ4n) is 3.66. The van der Waals surface area contributed by atoms with Gasteiger partial charge in [-0.1, -0.05) is 18.6 Å². The van der Waals surface area contributed by atoms with E-state index in [4.69, 9.17) is 15.3 Å². The summed E-state index contributed by atoms with van der Waals surface area (Å²) in [6.45, 7) is 1.45. The van der Waals surface area contributed by atoms with Crippen molar-refractivity contribution in [2.45, 2.75) is 51.2 Å². The van der Waals surface area contributed by atoms with E-state index in [0.29, 0.717) is 16.9 Å². The minimum atomic E-state index is -0.722. The summed E-state index contributed by atoms with van der Waals surface area (Å²) in [6.07, 6.45) is 6.64. The van der Waals surface area contributed by atoms with Gasteiger partial charge in [0, 0.05) is 11.1 Å². The molecule has 9 heteroatoms. The van der Waals surface area contributed by atoms with Gasteiger partial charge in [0.1, 0.15) is 11.9 Å². The van der Waals surface area contributed by atoms with Crippen LogP contribution in [0.5, 0.6) is 5.75 Å². The van der Waals surface area contributed by atoms with Crippen LogP contribution in [-0.4, -0.2) is 42.6 Å². The molecular formula is C25H30ClN3O5. The van der Waals surface area contributed by atoms with Crippen LogP contribution in [0.25, 0.3) is 0 Å². The Hall–Kier alpha value is -3.39. The second-order valence-electron chi connectivity index (χ2n) is 8.02. The summed E-state index contributed by atoms with van der Waals surface area (Å²) in [6, 6.07) is 12.4. The van der Waals surface area contributed by atoms with Crippen molar-refractivity contribution < 1.29 is 23.9 Å². The number of nitrogens with zero attached hydrogens (tertiary/aromatic N) is 1. The fourth-order valence-corrected chi connectivity index (χ4v) is 3.66. The Morgan fingerprint density at radius 2 is 1.65 bits per heavy atom. The SMILES string of the molecule is C[C@H](NC(=O)c1ccc(C=NN)cc1)C(=O)c1ccc(OCC(=O)OC2CCCCC2)cc1.Cl. The first-order valence-electron chi connectivity index (χ1n) is 11.1. The van der Waals surface area contributed by atoms with Gasteiger partial charge in [-0.3, -0.25) is 9.59 Å². The van der Waals surface area contributed by atoms with E-state index in [9.17, 15) is 14.4 Å². The molecule has 0 unspecified atom stereocenters. The number of ketones is 1. The predicted octanol–water partition coefficient (Wildman–Crippen LogP) is 3.66. The molecule has 1 aliphatic rings. The Labute approximate surface area is 205 Å². The quantitative estimate of drug-likeness (QED) is 0.183. The Kier molecular flexibility index (Phi) is 10.5. The molecule has 0 aromatic heterocycles. The van der Waals surface area contributed by atoms with Gasteiger partial charge in [-0.2, -0.15) is 5.10 Å². The molecule has 3 N–H and O–H groups in total. The standard InChI is InChI=1S/C25H29N3O5.ClH/c1-17(28-25(31)20-9-7-18(8-10-20)15-27-26)24(30)19-11-13-21(14-12-19)32-16-23(29)33-22-5-3-2-4-6-22;/h7-15,17,22H,2-6,16,26H2,1H3,(H,28,31);1H/t17-;/m0./s1. The van der Waals surface area contributed by atoms with Crippen molar-refractivity contribution in [1.82, 2.24) is 5.32 Å². The summed E-state index contributed by atoms with van der Waals surface area (Å²) >= 11 is 0. The molecule has 0 saturated heterocycles. The van der Waals surface area contributed by atoms with Crippen molar-refractivity contribution >= 4 is 36.3 Å². The summed E-state index contributed by atoms with van der Waals surface area (Å²) in [7, 11) is 0. The van der Waals surface area contributed by atoms with Gasteiger partial charge < -0.3 is 20.6 Å². The molecule has 2 aromatic rings. The number of rotatable bonds is 9. The first-order valence-corrected chi connectivity index (χ1v) is 11.1. The summed E-state index contributed by atoms with van der Waals surface area (Å²) in [5.41, 5.74) is 1.62. The molecule has 0 aliphatic heterocycles. The monoisotopic (exact) mass is 487 g/mol. The van der Waals surface area contributed by atoms with E-state index < -0.39 is 6.04 Å². The molecule has 182 valence electrons. The number of halogens is 1. The number of hydrogen-bond donors (Lipinski definition) is 2. The summed E-state index contributed by atoms with van der Waals surface area (Å²) in [5, 5.41) is 6.13. The third-order valence-corrected chi connectivity index (χ3v) is 5.48. The first kappa shape index (κ1) is 26.9. The van der Waals surface area contributed by atoms with Crippen LogP contribution in [0.2, 0.25) is 0 Å². The van der Waals surface area contributed by atoms with Crippen molar-refractivity contribution in [3.8, 4) is 5.75 Å². The summed E-state index contributed by atoms with van der Waals surface area (Å²) < 4.78 is 10.9. The largest absolute Gasteiger partial charge is 0.482 e. The topological polar surface area (TPSA) is 120 Å². The number of nitrogens with two attached hydrogens (primary N) is 1. The highest BCUT2D eigenvalue weighted by Gasteiger charge is 2.20. The number of ether oxygens (including phenoxy) is 2. The Morgan fingerprint density at radius 1 is 1.03 bits per heavy atom. The lowest BCUT2D eigenvalue weighted by Gasteiger charge is -2.21. The van der Waals surface area contributed by atoms with Crippen molar-refractivity contribution in [2.75, 3.05) is 6.61 Å². The van der Waals surface area contributed by atoms with E-state index in [1.807, 2.05) is 0 Å². The number of nitrogens with one attached hydrogen (secondary N) is 1. The van der Waals surface area contributed by atoms with Gasteiger partial charge >= 0.3 is 5.97 Å². The highest BCUT2D eigenvalue weighted by Crippen LogP contribution is 2.20. The number of carbonyl (C=O) groups excluding carboxylic acids is 3. The molecule has 1 aliphatic carbocycles. The maximum absolute atomic E-state index is 12.7. The van der Waals surface area contributed by atoms with E-state index in [0.717, 1.165) is 31.2 Å². The molecule has 0 heterocycles. The van der Waals surface area contributed by atoms with E-state index in [-0.39, 0.29) is 42.8 Å². The molecule has 1 saturated carbocycles. The predicted molar refractivity (Wildman–Crippen MR) is 132 cm³/mol. The second kappa shape index (κ2) is 13.3. The minimum absolute atomic E-state index is 0. The first-order chi connectivity index (χ1) is 16.0. The Morgan fingerprint density at radius 3 is 2.26 bits per heavy atom.